The van der Waals surface area contributed by atoms with Crippen molar-refractivity contribution in [2.75, 3.05) is 12.4 Å². The Kier molecular flexibility index (Phi) is 4.79. The zero-order valence-corrected chi connectivity index (χ0v) is 14.9. The smallest absolute Gasteiger partial charge is 0.261 e. The summed E-state index contributed by atoms with van der Waals surface area (Å²) >= 11 is 0. The Morgan fingerprint density at radius 1 is 1.27 bits per heavy atom. The average molecular weight is 348 g/mol. The SMILES string of the molecule is CN=CC(=CN)c1ccc(NC(=O)c2cnn3c(C)cc(C)nc23)cc1. The number of fused-ring (bicyclic) bond motifs is 1. The van der Waals surface area contributed by atoms with Crippen LogP contribution in [0.3, 0.4) is 0 Å². The van der Waals surface area contributed by atoms with Crippen LogP contribution in [0.1, 0.15) is 27.3 Å². The van der Waals surface area contributed by atoms with Gasteiger partial charge in [-0.2, -0.15) is 5.10 Å². The van der Waals surface area contributed by atoms with Crippen molar-refractivity contribution in [1.29, 1.82) is 0 Å². The highest BCUT2D eigenvalue weighted by atomic mass is 16.1. The molecule has 7 nitrogen and oxygen atoms in total. The molecule has 0 radical (unpaired) electrons. The Morgan fingerprint density at radius 2 is 2.00 bits per heavy atom. The van der Waals surface area contributed by atoms with Gasteiger partial charge in [0.15, 0.2) is 5.65 Å². The first-order valence-electron chi connectivity index (χ1n) is 8.11. The summed E-state index contributed by atoms with van der Waals surface area (Å²) in [5, 5.41) is 7.12. The highest BCUT2D eigenvalue weighted by Gasteiger charge is 2.15. The maximum atomic E-state index is 12.6. The maximum Gasteiger partial charge on any atom is 0.261 e. The van der Waals surface area contributed by atoms with Crippen molar-refractivity contribution in [3.63, 3.8) is 0 Å². The van der Waals surface area contributed by atoms with Crippen molar-refractivity contribution in [2.45, 2.75) is 13.8 Å². The van der Waals surface area contributed by atoms with Crippen molar-refractivity contribution in [2.24, 2.45) is 10.7 Å². The number of anilines is 1. The van der Waals surface area contributed by atoms with Crippen LogP contribution < -0.4 is 11.1 Å². The van der Waals surface area contributed by atoms with Gasteiger partial charge in [-0.3, -0.25) is 9.79 Å². The maximum absolute atomic E-state index is 12.6. The van der Waals surface area contributed by atoms with Gasteiger partial charge in [0.2, 0.25) is 0 Å². The number of rotatable bonds is 4. The first kappa shape index (κ1) is 17.3. The topological polar surface area (TPSA) is 97.7 Å². The molecule has 132 valence electrons. The normalized spacial score (nSPS) is 12.0. The second-order valence-electron chi connectivity index (χ2n) is 5.87. The summed E-state index contributed by atoms with van der Waals surface area (Å²) in [6.45, 7) is 3.82. The molecule has 0 saturated heterocycles. The van der Waals surface area contributed by atoms with E-state index in [1.54, 1.807) is 17.8 Å². The minimum atomic E-state index is -0.255. The third-order valence-corrected chi connectivity index (χ3v) is 3.95. The number of allylic oxidation sites excluding steroid dienone is 1. The number of carbonyl (C=O) groups is 1. The summed E-state index contributed by atoms with van der Waals surface area (Å²) in [5.41, 5.74) is 10.8. The molecule has 2 aromatic heterocycles. The molecule has 0 unspecified atom stereocenters. The van der Waals surface area contributed by atoms with Crippen LogP contribution in [-0.2, 0) is 0 Å². The summed E-state index contributed by atoms with van der Waals surface area (Å²) in [6, 6.07) is 9.30. The van der Waals surface area contributed by atoms with Gasteiger partial charge in [0.25, 0.3) is 5.91 Å². The predicted molar refractivity (Wildman–Crippen MR) is 103 cm³/mol. The average Bonchev–Trinajstić information content (AvgIpc) is 3.04. The fourth-order valence-corrected chi connectivity index (χ4v) is 2.73. The molecule has 0 spiro atoms. The first-order chi connectivity index (χ1) is 12.5. The molecule has 0 aliphatic rings. The van der Waals surface area contributed by atoms with E-state index in [1.165, 1.54) is 12.4 Å². The second-order valence-corrected chi connectivity index (χ2v) is 5.87. The largest absolute Gasteiger partial charge is 0.404 e. The molecule has 2 heterocycles. The minimum Gasteiger partial charge on any atom is -0.404 e. The van der Waals surface area contributed by atoms with E-state index < -0.39 is 0 Å². The molecular weight excluding hydrogens is 328 g/mol. The van der Waals surface area contributed by atoms with E-state index in [0.717, 1.165) is 22.5 Å². The van der Waals surface area contributed by atoms with Gasteiger partial charge in [-0.1, -0.05) is 12.1 Å². The van der Waals surface area contributed by atoms with Crippen LogP contribution in [0, 0.1) is 13.8 Å². The summed E-state index contributed by atoms with van der Waals surface area (Å²) in [7, 11) is 1.69. The molecule has 3 N–H and O–H groups in total. The monoisotopic (exact) mass is 348 g/mol. The van der Waals surface area contributed by atoms with Crippen LogP contribution in [-0.4, -0.2) is 33.8 Å². The molecule has 0 aliphatic heterocycles. The van der Waals surface area contributed by atoms with Gasteiger partial charge in [0.1, 0.15) is 5.56 Å². The Hall–Kier alpha value is -3.48. The van der Waals surface area contributed by atoms with Crippen LogP contribution in [0.5, 0.6) is 0 Å². The van der Waals surface area contributed by atoms with E-state index >= 15 is 0 Å². The molecule has 1 amide bonds. The van der Waals surface area contributed by atoms with E-state index in [4.69, 9.17) is 5.73 Å². The number of nitrogens with one attached hydrogen (secondary N) is 1. The molecule has 7 heteroatoms. The van der Waals surface area contributed by atoms with Gasteiger partial charge in [-0.05, 0) is 37.6 Å². The number of nitrogens with two attached hydrogens (primary N) is 1. The quantitative estimate of drug-likeness (QED) is 0.708. The number of nitrogens with zero attached hydrogens (tertiary/aromatic N) is 4. The third-order valence-electron chi connectivity index (χ3n) is 3.95. The highest BCUT2D eigenvalue weighted by Crippen LogP contribution is 2.18. The number of amides is 1. The number of carbonyl (C=O) groups excluding carboxylic acids is 1. The molecule has 0 bridgehead atoms. The molecule has 0 fully saturated rings. The van der Waals surface area contributed by atoms with Crippen LogP contribution >= 0.6 is 0 Å². The molecule has 0 saturated carbocycles. The van der Waals surface area contributed by atoms with Crippen LogP contribution in [0.15, 0.2) is 47.7 Å². The standard InChI is InChI=1S/C19H20N6O/c1-12-8-13(2)25-18(23-12)17(11-22-25)19(26)24-16-6-4-14(5-7-16)15(9-20)10-21-3/h4-11H,20H2,1-3H3,(H,24,26). The van der Waals surface area contributed by atoms with Crippen LogP contribution in [0.4, 0.5) is 5.69 Å². The third kappa shape index (κ3) is 3.32. The lowest BCUT2D eigenvalue weighted by Crippen LogP contribution is -2.12. The molecule has 0 atom stereocenters. The van der Waals surface area contributed by atoms with E-state index in [-0.39, 0.29) is 5.91 Å². The molecule has 0 aliphatic carbocycles. The summed E-state index contributed by atoms with van der Waals surface area (Å²) in [4.78, 5) is 21.0. The number of hydrogen-bond acceptors (Lipinski definition) is 5. The van der Waals surface area contributed by atoms with Crippen molar-refractivity contribution in [1.82, 2.24) is 14.6 Å². The second kappa shape index (κ2) is 7.18. The van der Waals surface area contributed by atoms with E-state index in [2.05, 4.69) is 20.4 Å². The van der Waals surface area contributed by atoms with Crippen molar-refractivity contribution in [3.8, 4) is 0 Å². The van der Waals surface area contributed by atoms with Crippen LogP contribution in [0.25, 0.3) is 11.2 Å². The number of aryl methyl sites for hydroxylation is 2. The number of aliphatic imine (C=N–C) groups is 1. The Labute approximate surface area is 151 Å². The summed E-state index contributed by atoms with van der Waals surface area (Å²) < 4.78 is 1.66. The van der Waals surface area contributed by atoms with E-state index in [0.29, 0.717) is 16.9 Å². The van der Waals surface area contributed by atoms with E-state index in [1.807, 2.05) is 44.2 Å². The Morgan fingerprint density at radius 3 is 2.65 bits per heavy atom. The zero-order valence-electron chi connectivity index (χ0n) is 14.9. The molecule has 3 rings (SSSR count). The first-order valence-corrected chi connectivity index (χ1v) is 8.11. The van der Waals surface area contributed by atoms with Crippen molar-refractivity contribution < 1.29 is 4.79 Å². The molecule has 3 aromatic rings. The Balaban J connectivity index is 1.85. The summed E-state index contributed by atoms with van der Waals surface area (Å²) in [6.07, 6.45) is 4.71. The fourth-order valence-electron chi connectivity index (χ4n) is 2.73. The number of benzene rings is 1. The summed E-state index contributed by atoms with van der Waals surface area (Å²) in [5.74, 6) is -0.255. The zero-order chi connectivity index (χ0) is 18.7. The van der Waals surface area contributed by atoms with Gasteiger partial charge in [0.05, 0.1) is 6.20 Å². The van der Waals surface area contributed by atoms with Crippen LogP contribution in [0.2, 0.25) is 0 Å². The lowest BCUT2D eigenvalue weighted by atomic mass is 10.1. The van der Waals surface area contributed by atoms with Crippen molar-refractivity contribution in [3.05, 3.63) is 65.2 Å². The highest BCUT2D eigenvalue weighted by molar-refractivity contribution is 6.10. The van der Waals surface area contributed by atoms with Gasteiger partial charge in [-0.25, -0.2) is 9.50 Å². The number of hydrogen-bond donors (Lipinski definition) is 2. The molecule has 26 heavy (non-hydrogen) atoms. The van der Waals surface area contributed by atoms with Gasteiger partial charge in [0, 0.05) is 42.1 Å². The predicted octanol–water partition coefficient (Wildman–Crippen LogP) is 2.60. The molecular formula is C19H20N6O. The van der Waals surface area contributed by atoms with Gasteiger partial charge in [-0.15, -0.1) is 0 Å². The van der Waals surface area contributed by atoms with Gasteiger partial charge >= 0.3 is 0 Å². The lowest BCUT2D eigenvalue weighted by molar-refractivity contribution is 0.102. The van der Waals surface area contributed by atoms with Gasteiger partial charge < -0.3 is 11.1 Å². The number of aromatic nitrogens is 3. The lowest BCUT2D eigenvalue weighted by Gasteiger charge is -2.07. The molecule has 1 aromatic carbocycles. The fraction of sp³-hybridized carbons (Fsp3) is 0.158. The Bertz CT molecular complexity index is 1010. The minimum absolute atomic E-state index is 0.255. The van der Waals surface area contributed by atoms with Crippen molar-refractivity contribution >= 4 is 29.0 Å². The van der Waals surface area contributed by atoms with E-state index in [9.17, 15) is 4.79 Å².